The molecule has 7 aromatic rings. The summed E-state index contributed by atoms with van der Waals surface area (Å²) in [6, 6.07) is 37.8. The third kappa shape index (κ3) is 6.57. The summed E-state index contributed by atoms with van der Waals surface area (Å²) in [5.74, 6) is 0.708. The number of nitrogens with zero attached hydrogens (tertiary/aromatic N) is 5. The lowest BCUT2D eigenvalue weighted by atomic mass is 10.0. The van der Waals surface area contributed by atoms with Crippen LogP contribution < -0.4 is 5.32 Å². The number of anilines is 1. The Morgan fingerprint density at radius 1 is 0.512 bits per heavy atom. The number of aromatic nitrogens is 5. The van der Waals surface area contributed by atoms with Gasteiger partial charge in [0.1, 0.15) is 11.0 Å². The molecule has 210 valence electrons. The zero-order chi connectivity index (χ0) is 29.6. The van der Waals surface area contributed by atoms with E-state index in [1.165, 1.54) is 0 Å². The molecule has 0 aliphatic rings. The first kappa shape index (κ1) is 28.5. The van der Waals surface area contributed by atoms with Gasteiger partial charge in [-0.3, -0.25) is 4.98 Å². The Labute approximate surface area is 263 Å². The molecule has 0 saturated heterocycles. The van der Waals surface area contributed by atoms with Gasteiger partial charge in [0.2, 0.25) is 10.6 Å². The first-order valence-electron chi connectivity index (χ1n) is 13.4. The van der Waals surface area contributed by atoms with Crippen molar-refractivity contribution in [3.63, 3.8) is 0 Å². The summed E-state index contributed by atoms with van der Waals surface area (Å²) < 4.78 is 0. The van der Waals surface area contributed by atoms with Gasteiger partial charge in [0, 0.05) is 11.6 Å². The van der Waals surface area contributed by atoms with Crippen LogP contribution in [0.5, 0.6) is 0 Å². The maximum atomic E-state index is 6.18. The minimum Gasteiger partial charge on any atom is -0.364 e. The Morgan fingerprint density at radius 2 is 1.07 bits per heavy atom. The van der Waals surface area contributed by atoms with Crippen LogP contribution in [0.4, 0.5) is 5.82 Å². The van der Waals surface area contributed by atoms with Gasteiger partial charge in [-0.15, -0.1) is 0 Å². The lowest BCUT2D eigenvalue weighted by Crippen LogP contribution is -2.05. The first-order chi connectivity index (χ1) is 21.1. The lowest BCUT2D eigenvalue weighted by Gasteiger charge is -2.12. The number of halogens is 3. The van der Waals surface area contributed by atoms with E-state index in [9.17, 15) is 0 Å². The van der Waals surface area contributed by atoms with Crippen LogP contribution in [0.3, 0.4) is 0 Å². The van der Waals surface area contributed by atoms with Crippen LogP contribution >= 0.6 is 34.8 Å². The summed E-state index contributed by atoms with van der Waals surface area (Å²) in [4.78, 5) is 21.3. The van der Waals surface area contributed by atoms with Crippen LogP contribution in [0.2, 0.25) is 15.7 Å². The minimum absolute atomic E-state index is 0.165. The number of hydrogen-bond donors (Lipinski definition) is 1. The fraction of sp³-hybridized carbons (Fsp3) is 0.0294. The van der Waals surface area contributed by atoms with Crippen molar-refractivity contribution in [1.82, 2.24) is 24.9 Å². The van der Waals surface area contributed by atoms with Crippen molar-refractivity contribution in [1.29, 1.82) is 0 Å². The molecule has 7 rings (SSSR count). The van der Waals surface area contributed by atoms with Gasteiger partial charge in [-0.2, -0.15) is 0 Å². The highest BCUT2D eigenvalue weighted by Crippen LogP contribution is 2.34. The summed E-state index contributed by atoms with van der Waals surface area (Å²) >= 11 is 18.1. The van der Waals surface area contributed by atoms with Gasteiger partial charge < -0.3 is 5.32 Å². The van der Waals surface area contributed by atoms with Gasteiger partial charge >= 0.3 is 0 Å². The molecule has 0 bridgehead atoms. The van der Waals surface area contributed by atoms with Gasteiger partial charge in [0.15, 0.2) is 0 Å². The van der Waals surface area contributed by atoms with Crippen molar-refractivity contribution < 1.29 is 0 Å². The van der Waals surface area contributed by atoms with E-state index in [0.29, 0.717) is 17.5 Å². The van der Waals surface area contributed by atoms with Crippen LogP contribution in [-0.2, 0) is 6.54 Å². The van der Waals surface area contributed by atoms with E-state index in [2.05, 4.69) is 48.4 Å². The molecule has 3 heterocycles. The van der Waals surface area contributed by atoms with Crippen molar-refractivity contribution in [2.45, 2.75) is 6.54 Å². The molecule has 0 aliphatic carbocycles. The second-order valence-corrected chi connectivity index (χ2v) is 10.5. The molecule has 43 heavy (non-hydrogen) atoms. The SMILES string of the molecule is Clc1nc(Cl)c2c(-c3ccccc3)cccc2n1.Clc1nc(NCc2ccccn2)c2c(-c3ccccc3)cccc2n1. The Hall–Kier alpha value is -4.62. The molecule has 0 aliphatic heterocycles. The third-order valence-corrected chi connectivity index (χ3v) is 7.29. The van der Waals surface area contributed by atoms with Crippen molar-refractivity contribution in [2.75, 3.05) is 5.32 Å². The lowest BCUT2D eigenvalue weighted by molar-refractivity contribution is 1.03. The van der Waals surface area contributed by atoms with Gasteiger partial charge in [-0.1, -0.05) is 103 Å². The molecule has 1 N–H and O–H groups in total. The van der Waals surface area contributed by atoms with E-state index in [0.717, 1.165) is 49.8 Å². The number of fused-ring (bicyclic) bond motifs is 2. The second-order valence-electron chi connectivity index (χ2n) is 9.43. The van der Waals surface area contributed by atoms with E-state index in [1.54, 1.807) is 6.20 Å². The third-order valence-electron chi connectivity index (χ3n) is 6.68. The normalized spacial score (nSPS) is 10.8. The fourth-order valence-corrected chi connectivity index (χ4v) is 5.46. The van der Waals surface area contributed by atoms with Crippen LogP contribution in [0.25, 0.3) is 44.1 Å². The van der Waals surface area contributed by atoms with E-state index in [-0.39, 0.29) is 10.6 Å². The van der Waals surface area contributed by atoms with E-state index in [4.69, 9.17) is 34.8 Å². The molecule has 4 aromatic carbocycles. The highest BCUT2D eigenvalue weighted by atomic mass is 35.5. The molecule has 3 aromatic heterocycles. The molecule has 6 nitrogen and oxygen atoms in total. The monoisotopic (exact) mass is 620 g/mol. The summed E-state index contributed by atoms with van der Waals surface area (Å²) in [7, 11) is 0. The topological polar surface area (TPSA) is 76.5 Å². The Balaban J connectivity index is 0.000000162. The Kier molecular flexibility index (Phi) is 8.70. The predicted molar refractivity (Wildman–Crippen MR) is 177 cm³/mol. The maximum Gasteiger partial charge on any atom is 0.224 e. The smallest absolute Gasteiger partial charge is 0.224 e. The van der Waals surface area contributed by atoms with Gasteiger partial charge in [0.05, 0.1) is 28.7 Å². The standard InChI is InChI=1S/C20H15ClN4.C14H8Cl2N2/c21-20-24-17-11-6-10-16(14-7-2-1-3-8-14)18(17)19(25-20)23-13-15-9-4-5-12-22-15;15-13-12-10(9-5-2-1-3-6-9)7-4-8-11(12)17-14(16)18-13/h1-12H,13H2,(H,23,24,25);1-8H. The summed E-state index contributed by atoms with van der Waals surface area (Å²) in [5, 5.41) is 5.91. The zero-order valence-corrected chi connectivity index (χ0v) is 24.9. The van der Waals surface area contributed by atoms with Crippen molar-refractivity contribution in [2.24, 2.45) is 0 Å². The molecular formula is C34H23Cl3N6. The molecule has 0 atom stereocenters. The average Bonchev–Trinajstić information content (AvgIpc) is 3.04. The quantitative estimate of drug-likeness (QED) is 0.152. The molecule has 0 radical (unpaired) electrons. The van der Waals surface area contributed by atoms with Crippen LogP contribution in [0.15, 0.2) is 121 Å². The fourth-order valence-electron chi connectivity index (χ4n) is 4.79. The van der Waals surface area contributed by atoms with Gasteiger partial charge in [-0.25, -0.2) is 19.9 Å². The van der Waals surface area contributed by atoms with Gasteiger partial charge in [-0.05, 0) is 69.7 Å². The minimum atomic E-state index is 0.165. The summed E-state index contributed by atoms with van der Waals surface area (Å²) in [5.41, 5.74) is 6.76. The molecule has 0 fully saturated rings. The van der Waals surface area contributed by atoms with E-state index in [1.807, 2.05) is 97.1 Å². The number of pyridine rings is 1. The van der Waals surface area contributed by atoms with Crippen LogP contribution in [0.1, 0.15) is 5.69 Å². The molecule has 0 spiro atoms. The number of rotatable bonds is 5. The Morgan fingerprint density at radius 3 is 1.67 bits per heavy atom. The first-order valence-corrected chi connectivity index (χ1v) is 14.5. The Bertz CT molecular complexity index is 2010. The second kappa shape index (κ2) is 13.1. The highest BCUT2D eigenvalue weighted by molar-refractivity contribution is 6.36. The molecule has 0 saturated carbocycles. The van der Waals surface area contributed by atoms with Gasteiger partial charge in [0.25, 0.3) is 0 Å². The summed E-state index contributed by atoms with van der Waals surface area (Å²) in [6.07, 6.45) is 1.78. The van der Waals surface area contributed by atoms with Crippen LogP contribution in [-0.4, -0.2) is 24.9 Å². The van der Waals surface area contributed by atoms with Crippen molar-refractivity contribution in [3.05, 3.63) is 143 Å². The maximum absolute atomic E-state index is 6.18. The van der Waals surface area contributed by atoms with E-state index >= 15 is 0 Å². The number of benzene rings is 4. The highest BCUT2D eigenvalue weighted by Gasteiger charge is 2.13. The molecule has 9 heteroatoms. The predicted octanol–water partition coefficient (Wildman–Crippen LogP) is 9.56. The zero-order valence-electron chi connectivity index (χ0n) is 22.6. The number of nitrogens with one attached hydrogen (secondary N) is 1. The van der Waals surface area contributed by atoms with Crippen molar-refractivity contribution in [3.8, 4) is 22.3 Å². The largest absolute Gasteiger partial charge is 0.364 e. The van der Waals surface area contributed by atoms with Crippen LogP contribution in [0, 0.1) is 0 Å². The van der Waals surface area contributed by atoms with E-state index < -0.39 is 0 Å². The average molecular weight is 622 g/mol. The van der Waals surface area contributed by atoms with Crippen molar-refractivity contribution >= 4 is 62.4 Å². The molecule has 0 amide bonds. The summed E-state index contributed by atoms with van der Waals surface area (Å²) in [6.45, 7) is 0.562. The molecule has 0 unspecified atom stereocenters. The molecular weight excluding hydrogens is 599 g/mol. The number of hydrogen-bond acceptors (Lipinski definition) is 6.